The molecule has 1 aliphatic carbocycles. The summed E-state index contributed by atoms with van der Waals surface area (Å²) >= 11 is 0. The van der Waals surface area contributed by atoms with Crippen molar-refractivity contribution < 1.29 is 60.7 Å². The maximum absolute atomic E-state index is 14.7. The largest absolute Gasteiger partial charge is 0.471 e. The molecule has 0 N–H and O–H groups in total. The van der Waals surface area contributed by atoms with Gasteiger partial charge in [0.05, 0.1) is 0 Å². The van der Waals surface area contributed by atoms with Gasteiger partial charge >= 0.3 is 42.9 Å². The van der Waals surface area contributed by atoms with Crippen molar-refractivity contribution in [1.29, 1.82) is 0 Å². The van der Waals surface area contributed by atoms with Crippen LogP contribution in [0, 0.1) is 0 Å². The minimum Gasteiger partial charge on any atom is -0.204 e. The number of sulfonamides is 2. The average molecular weight is 646 g/mol. The van der Waals surface area contributed by atoms with E-state index in [9.17, 15) is 60.7 Å². The number of hydrogen-bond acceptors (Lipinski definition) is 4. The van der Waals surface area contributed by atoms with Crippen LogP contribution in [0.25, 0.3) is 0 Å². The lowest BCUT2D eigenvalue weighted by Crippen LogP contribution is -2.59. The Kier molecular flexibility index (Phi) is 8.28. The van der Waals surface area contributed by atoms with Crippen molar-refractivity contribution in [2.24, 2.45) is 0 Å². The third-order valence-corrected chi connectivity index (χ3v) is 15.1. The zero-order valence-electron chi connectivity index (χ0n) is 19.5. The molecule has 0 fully saturated rings. The third-order valence-electron chi connectivity index (χ3n) is 5.45. The van der Waals surface area contributed by atoms with Crippen LogP contribution >= 0.6 is 10.2 Å². The Balaban J connectivity index is 2.73. The molecule has 3 rings (SSSR count). The molecule has 5 nitrogen and oxygen atoms in total. The van der Waals surface area contributed by atoms with Gasteiger partial charge in [-0.05, 0) is 45.1 Å². The van der Waals surface area contributed by atoms with Gasteiger partial charge in [0.1, 0.15) is 0 Å². The third kappa shape index (κ3) is 4.81. The van der Waals surface area contributed by atoms with Gasteiger partial charge in [0, 0.05) is 9.79 Å². The molecule has 0 heterocycles. The quantitative estimate of drug-likeness (QED) is 0.282. The fraction of sp³-hybridized carbons (Fsp3) is 0.273. The molecule has 40 heavy (non-hydrogen) atoms. The minimum absolute atomic E-state index is 0.125. The van der Waals surface area contributed by atoms with E-state index >= 15 is 0 Å². The summed E-state index contributed by atoms with van der Waals surface area (Å²) in [5, 5.41) is -14.3. The molecule has 0 atom stereocenters. The van der Waals surface area contributed by atoms with Crippen molar-refractivity contribution in [3.05, 3.63) is 83.8 Å². The van der Waals surface area contributed by atoms with Crippen LogP contribution in [0.2, 0.25) is 0 Å². The summed E-state index contributed by atoms with van der Waals surface area (Å²) in [6, 6.07) is 9.93. The first kappa shape index (κ1) is 32.0. The second kappa shape index (κ2) is 10.4. The Hall–Kier alpha value is -2.57. The Bertz CT molecular complexity index is 1410. The average Bonchev–Trinajstić information content (AvgIpc) is 2.87. The van der Waals surface area contributed by atoms with Crippen molar-refractivity contribution in [1.82, 2.24) is 3.12 Å². The zero-order chi connectivity index (χ0) is 30.4. The van der Waals surface area contributed by atoms with Crippen LogP contribution in [-0.4, -0.2) is 42.8 Å². The first-order valence-corrected chi connectivity index (χ1v) is 15.1. The summed E-state index contributed by atoms with van der Waals surface area (Å²) < 4.78 is 191. The Morgan fingerprint density at radius 2 is 0.975 bits per heavy atom. The lowest BCUT2D eigenvalue weighted by atomic mass is 10.2. The predicted molar refractivity (Wildman–Crippen MR) is 125 cm³/mol. The molecule has 0 saturated carbocycles. The Morgan fingerprint density at radius 3 is 1.27 bits per heavy atom. The maximum Gasteiger partial charge on any atom is 0.471 e. The van der Waals surface area contributed by atoms with Crippen molar-refractivity contribution in [3.8, 4) is 0 Å². The van der Waals surface area contributed by atoms with Crippen LogP contribution in [0.5, 0.6) is 0 Å². The molecule has 0 spiro atoms. The number of allylic oxidation sites excluding steroid dienone is 4. The number of hydrogen-bond donors (Lipinski definition) is 0. The summed E-state index contributed by atoms with van der Waals surface area (Å²) in [4.78, 5) is -2.06. The van der Waals surface area contributed by atoms with Crippen molar-refractivity contribution >= 4 is 30.3 Å². The second-order valence-electron chi connectivity index (χ2n) is 8.01. The zero-order valence-corrected chi connectivity index (χ0v) is 22.0. The molecule has 222 valence electrons. The molecule has 0 radical (unpaired) electrons. The molecule has 0 aromatic heterocycles. The molecular formula is C22H17F10NO4S3. The summed E-state index contributed by atoms with van der Waals surface area (Å²) in [6.07, 6.45) is -11.5. The highest BCUT2D eigenvalue weighted by Crippen LogP contribution is 2.75. The molecular weight excluding hydrogens is 628 g/mol. The topological polar surface area (TPSA) is 71.5 Å². The molecule has 0 saturated heterocycles. The molecule has 0 amide bonds. The summed E-state index contributed by atoms with van der Waals surface area (Å²) in [5.41, 5.74) is 0. The maximum atomic E-state index is 14.7. The fourth-order valence-electron chi connectivity index (χ4n) is 3.67. The number of halogens is 10. The number of nitrogens with zero attached hydrogens (tertiary/aromatic N) is 1. The smallest absolute Gasteiger partial charge is 0.204 e. The molecule has 0 bridgehead atoms. The van der Waals surface area contributed by atoms with E-state index in [4.69, 9.17) is 0 Å². The van der Waals surface area contributed by atoms with Gasteiger partial charge in [0.25, 0.3) is 0 Å². The number of benzene rings is 2. The SMILES string of the molecule is O=S(=O)(N(S(C1=CC=CCC1)(c1ccccc1)c1ccccc1)S(=O)(=O)C(F)(F)C(F)(F)F)C(F)(F)C(F)(F)F. The van der Waals surface area contributed by atoms with Gasteiger partial charge in [0.2, 0.25) is 0 Å². The van der Waals surface area contributed by atoms with Crippen LogP contribution in [0.15, 0.2) is 93.6 Å². The highest BCUT2D eigenvalue weighted by molar-refractivity contribution is 8.43. The van der Waals surface area contributed by atoms with Crippen LogP contribution < -0.4 is 0 Å². The second-order valence-corrected chi connectivity index (χ2v) is 15.4. The first-order valence-electron chi connectivity index (χ1n) is 10.7. The van der Waals surface area contributed by atoms with Gasteiger partial charge < -0.3 is 0 Å². The molecule has 0 unspecified atom stereocenters. The summed E-state index contributed by atoms with van der Waals surface area (Å²) in [6.45, 7) is 0. The highest BCUT2D eigenvalue weighted by Gasteiger charge is 2.78. The van der Waals surface area contributed by atoms with Crippen molar-refractivity contribution in [2.75, 3.05) is 0 Å². The van der Waals surface area contributed by atoms with E-state index in [1.807, 2.05) is 0 Å². The lowest BCUT2D eigenvalue weighted by molar-refractivity contribution is -0.243. The van der Waals surface area contributed by atoms with Crippen LogP contribution in [0.4, 0.5) is 43.9 Å². The molecule has 2 aromatic carbocycles. The Labute approximate surface area is 223 Å². The molecule has 18 heteroatoms. The highest BCUT2D eigenvalue weighted by atomic mass is 32.4. The van der Waals surface area contributed by atoms with Gasteiger partial charge in [0.15, 0.2) is 0 Å². The molecule has 0 aliphatic heterocycles. The summed E-state index contributed by atoms with van der Waals surface area (Å²) in [7, 11) is -21.0. The number of rotatable bonds is 8. The van der Waals surface area contributed by atoms with E-state index in [2.05, 4.69) is 0 Å². The van der Waals surface area contributed by atoms with Crippen molar-refractivity contribution in [3.63, 3.8) is 0 Å². The van der Waals surface area contributed by atoms with Gasteiger partial charge in [-0.3, -0.25) is 0 Å². The number of alkyl halides is 10. The predicted octanol–water partition coefficient (Wildman–Crippen LogP) is 7.33. The van der Waals surface area contributed by atoms with Gasteiger partial charge in [-0.2, -0.15) is 43.9 Å². The van der Waals surface area contributed by atoms with Crippen LogP contribution in [0.1, 0.15) is 12.8 Å². The first-order chi connectivity index (χ1) is 18.2. The van der Waals surface area contributed by atoms with Crippen LogP contribution in [-0.2, 0) is 20.0 Å². The molecule has 1 aliphatic rings. The van der Waals surface area contributed by atoms with E-state index in [1.54, 1.807) is 0 Å². The van der Waals surface area contributed by atoms with E-state index in [1.165, 1.54) is 18.2 Å². The lowest BCUT2D eigenvalue weighted by Gasteiger charge is -2.50. The minimum atomic E-state index is -7.98. The molecule has 2 aromatic rings. The van der Waals surface area contributed by atoms with E-state index in [0.29, 0.717) is 0 Å². The van der Waals surface area contributed by atoms with Gasteiger partial charge in [-0.25, -0.2) is 16.8 Å². The monoisotopic (exact) mass is 645 g/mol. The van der Waals surface area contributed by atoms with Crippen molar-refractivity contribution in [2.45, 2.75) is 45.5 Å². The normalized spacial score (nSPS) is 16.6. The summed E-state index contributed by atoms with van der Waals surface area (Å²) in [5.74, 6) is 0. The Morgan fingerprint density at radius 1 is 0.600 bits per heavy atom. The van der Waals surface area contributed by atoms with E-state index in [0.717, 1.165) is 60.7 Å². The van der Waals surface area contributed by atoms with Gasteiger partial charge in [-0.1, -0.05) is 64.8 Å². The van der Waals surface area contributed by atoms with Crippen LogP contribution in [0.3, 0.4) is 0 Å². The fourth-order valence-corrected chi connectivity index (χ4v) is 14.0. The standard InChI is InChI=1S/C22H17F10NO4S3/c23-19(24,25)21(29,30)39(34,35)33(40(36,37)22(31,32)20(26,27)28)38(16-10-4-1-5-11-16,17-12-6-2-7-13-17)18-14-8-3-9-15-18/h1-8,10-14H,9,15H2. The van der Waals surface area contributed by atoms with E-state index in [-0.39, 0.29) is 6.42 Å². The van der Waals surface area contributed by atoms with E-state index < -0.39 is 77.4 Å². The van der Waals surface area contributed by atoms with Gasteiger partial charge in [-0.15, -0.1) is 0 Å².